The molecule has 0 aromatic carbocycles. The van der Waals surface area contributed by atoms with Crippen molar-refractivity contribution in [2.45, 2.75) is 71.8 Å². The molecule has 0 aromatic rings. The Morgan fingerprint density at radius 2 is 1.84 bits per heavy atom. The van der Waals surface area contributed by atoms with Gasteiger partial charge in [-0.05, 0) is 73.0 Å². The van der Waals surface area contributed by atoms with Gasteiger partial charge < -0.3 is 10.2 Å². The normalized spacial score (nSPS) is 55.2. The van der Waals surface area contributed by atoms with Crippen molar-refractivity contribution in [2.75, 3.05) is 0 Å². The van der Waals surface area contributed by atoms with Gasteiger partial charge in [0.25, 0.3) is 0 Å². The number of hydrogen-bond donors (Lipinski definition) is 2. The molecule has 0 bridgehead atoms. The van der Waals surface area contributed by atoms with Gasteiger partial charge in [0, 0.05) is 12.3 Å². The fraction of sp³-hybridized carbons (Fsp3) is 0.905. The van der Waals surface area contributed by atoms with E-state index in [4.69, 9.17) is 0 Å². The van der Waals surface area contributed by atoms with E-state index in [-0.39, 0.29) is 34.7 Å². The molecule has 4 rings (SSSR count). The molecule has 4 nitrogen and oxygen atoms in total. The zero-order valence-electron chi connectivity index (χ0n) is 15.7. The first-order valence-electron chi connectivity index (χ1n) is 10.1. The Morgan fingerprint density at radius 1 is 1.12 bits per heavy atom. The number of carbonyl (C=O) groups is 2. The van der Waals surface area contributed by atoms with E-state index >= 15 is 0 Å². The Kier molecular flexibility index (Phi) is 3.89. The highest BCUT2D eigenvalue weighted by atomic mass is 16.4. The van der Waals surface area contributed by atoms with Crippen molar-refractivity contribution in [2.24, 2.45) is 46.3 Å². The summed E-state index contributed by atoms with van der Waals surface area (Å²) in [7, 11) is 0. The van der Waals surface area contributed by atoms with E-state index in [1.54, 1.807) is 0 Å². The molecule has 0 aliphatic heterocycles. The van der Waals surface area contributed by atoms with Crippen LogP contribution in [0.3, 0.4) is 0 Å². The number of Topliss-reactive ketones (excluding diaryl/α,β-unsaturated/α-hetero) is 1. The molecule has 0 heterocycles. The van der Waals surface area contributed by atoms with E-state index in [2.05, 4.69) is 20.8 Å². The van der Waals surface area contributed by atoms with Gasteiger partial charge in [0.1, 0.15) is 5.78 Å². The molecule has 0 radical (unpaired) electrons. The molecule has 4 fully saturated rings. The molecular formula is C21H32O4. The van der Waals surface area contributed by atoms with E-state index < -0.39 is 5.97 Å². The summed E-state index contributed by atoms with van der Waals surface area (Å²) in [5, 5.41) is 19.9. The maximum atomic E-state index is 13.3. The summed E-state index contributed by atoms with van der Waals surface area (Å²) in [6.45, 7) is 6.42. The van der Waals surface area contributed by atoms with Crippen molar-refractivity contribution in [3.8, 4) is 0 Å². The maximum Gasteiger partial charge on any atom is 0.307 e. The van der Waals surface area contributed by atoms with Gasteiger partial charge in [-0.1, -0.05) is 20.8 Å². The fourth-order valence-electron chi connectivity index (χ4n) is 7.95. The summed E-state index contributed by atoms with van der Waals surface area (Å²) in [6, 6.07) is 0. The quantitative estimate of drug-likeness (QED) is 0.760. The Bertz CT molecular complexity index is 601. The van der Waals surface area contributed by atoms with Gasteiger partial charge in [-0.25, -0.2) is 0 Å². The Morgan fingerprint density at radius 3 is 2.52 bits per heavy atom. The van der Waals surface area contributed by atoms with Gasteiger partial charge in [-0.15, -0.1) is 0 Å². The van der Waals surface area contributed by atoms with Gasteiger partial charge >= 0.3 is 5.97 Å². The summed E-state index contributed by atoms with van der Waals surface area (Å²) in [5.74, 6) is 0.581. The minimum absolute atomic E-state index is 0.00507. The second-order valence-corrected chi connectivity index (χ2v) is 10.1. The third-order valence-corrected chi connectivity index (χ3v) is 8.93. The molecule has 4 saturated carbocycles. The highest BCUT2D eigenvalue weighted by Gasteiger charge is 2.65. The van der Waals surface area contributed by atoms with Crippen molar-refractivity contribution >= 4 is 11.8 Å². The van der Waals surface area contributed by atoms with Crippen LogP contribution in [0.25, 0.3) is 0 Å². The Balaban J connectivity index is 1.70. The van der Waals surface area contributed by atoms with E-state index in [0.29, 0.717) is 30.0 Å². The molecular weight excluding hydrogens is 316 g/mol. The molecule has 9 atom stereocenters. The molecule has 25 heavy (non-hydrogen) atoms. The molecule has 4 heteroatoms. The highest BCUT2D eigenvalue weighted by Crippen LogP contribution is 2.67. The van der Waals surface area contributed by atoms with Crippen molar-refractivity contribution in [3.63, 3.8) is 0 Å². The summed E-state index contributed by atoms with van der Waals surface area (Å²) < 4.78 is 0. The number of carbonyl (C=O) groups excluding carboxylic acids is 1. The molecule has 4 aliphatic carbocycles. The average molecular weight is 348 g/mol. The van der Waals surface area contributed by atoms with Crippen LogP contribution in [0.5, 0.6) is 0 Å². The number of ketones is 1. The molecule has 0 saturated heterocycles. The topological polar surface area (TPSA) is 74.6 Å². The lowest BCUT2D eigenvalue weighted by molar-refractivity contribution is -0.166. The number of aliphatic hydroxyl groups excluding tert-OH is 1. The summed E-state index contributed by atoms with van der Waals surface area (Å²) in [4.78, 5) is 25.3. The summed E-state index contributed by atoms with van der Waals surface area (Å²) in [6.07, 6.45) is 5.87. The highest BCUT2D eigenvalue weighted by molar-refractivity contribution is 5.85. The van der Waals surface area contributed by atoms with Crippen molar-refractivity contribution in [1.82, 2.24) is 0 Å². The molecule has 0 unspecified atom stereocenters. The first kappa shape index (κ1) is 17.5. The van der Waals surface area contributed by atoms with Crippen LogP contribution in [-0.2, 0) is 9.59 Å². The molecule has 0 aromatic heterocycles. The zero-order chi connectivity index (χ0) is 18.1. The number of fused-ring (bicyclic) bond motifs is 5. The van der Waals surface area contributed by atoms with Crippen molar-refractivity contribution < 1.29 is 19.8 Å². The van der Waals surface area contributed by atoms with Gasteiger partial charge in [0.2, 0.25) is 0 Å². The fourth-order valence-corrected chi connectivity index (χ4v) is 7.95. The van der Waals surface area contributed by atoms with Crippen LogP contribution >= 0.6 is 0 Å². The second kappa shape index (κ2) is 5.55. The lowest BCUT2D eigenvalue weighted by Gasteiger charge is -2.59. The number of aliphatic carboxylic acids is 1. The minimum Gasteiger partial charge on any atom is -0.481 e. The first-order chi connectivity index (χ1) is 11.7. The largest absolute Gasteiger partial charge is 0.481 e. The molecule has 0 spiro atoms. The summed E-state index contributed by atoms with van der Waals surface area (Å²) >= 11 is 0. The van der Waals surface area contributed by atoms with Crippen LogP contribution in [0.4, 0.5) is 0 Å². The maximum absolute atomic E-state index is 13.3. The van der Waals surface area contributed by atoms with Gasteiger partial charge in [-0.2, -0.15) is 0 Å². The molecule has 140 valence electrons. The second-order valence-electron chi connectivity index (χ2n) is 10.1. The number of hydrogen-bond acceptors (Lipinski definition) is 3. The smallest absolute Gasteiger partial charge is 0.307 e. The van der Waals surface area contributed by atoms with Crippen molar-refractivity contribution in [3.05, 3.63) is 0 Å². The Hall–Kier alpha value is -0.900. The van der Waals surface area contributed by atoms with Gasteiger partial charge in [0.15, 0.2) is 0 Å². The van der Waals surface area contributed by atoms with Gasteiger partial charge in [-0.3, -0.25) is 9.59 Å². The van der Waals surface area contributed by atoms with Crippen LogP contribution in [0.1, 0.15) is 65.7 Å². The van der Waals surface area contributed by atoms with E-state index in [1.807, 2.05) is 0 Å². The monoisotopic (exact) mass is 348 g/mol. The molecule has 0 amide bonds. The van der Waals surface area contributed by atoms with Crippen molar-refractivity contribution in [1.29, 1.82) is 0 Å². The van der Waals surface area contributed by atoms with Crippen LogP contribution < -0.4 is 0 Å². The zero-order valence-corrected chi connectivity index (χ0v) is 15.7. The third-order valence-electron chi connectivity index (χ3n) is 8.93. The van der Waals surface area contributed by atoms with E-state index in [0.717, 1.165) is 38.5 Å². The molecule has 2 N–H and O–H groups in total. The van der Waals surface area contributed by atoms with Crippen LogP contribution in [0.15, 0.2) is 0 Å². The molecule has 4 aliphatic rings. The number of carboxylic acid groups (broad SMARTS) is 1. The Labute approximate surface area is 150 Å². The number of carboxylic acids is 1. The van der Waals surface area contributed by atoms with E-state index in [1.165, 1.54) is 0 Å². The average Bonchev–Trinajstić information content (AvgIpc) is 2.77. The number of aliphatic hydroxyl groups is 1. The lowest BCUT2D eigenvalue weighted by Crippen LogP contribution is -2.58. The summed E-state index contributed by atoms with van der Waals surface area (Å²) in [5.41, 5.74) is -0.369. The lowest BCUT2D eigenvalue weighted by atomic mass is 9.44. The SMILES string of the molecule is C[C@@H]1C[C@H]2[C@@H]3CC[C@H]4C[C@H](O)CC[C@]4(C)[C@H]3C(=O)C[C@]2(C)[C@H]1C(=O)O. The van der Waals surface area contributed by atoms with Gasteiger partial charge in [0.05, 0.1) is 12.0 Å². The van der Waals surface area contributed by atoms with Crippen LogP contribution in [-0.4, -0.2) is 28.1 Å². The minimum atomic E-state index is -0.718. The third kappa shape index (κ3) is 2.28. The predicted octanol–water partition coefficient (Wildman–Crippen LogP) is 3.52. The van der Waals surface area contributed by atoms with Crippen LogP contribution in [0.2, 0.25) is 0 Å². The van der Waals surface area contributed by atoms with E-state index in [9.17, 15) is 19.8 Å². The standard InChI is InChI=1S/C21H32O4/c1-11-8-15-14-5-4-12-9-13(22)6-7-20(12,2)18(14)16(23)10-21(15,3)17(11)19(24)25/h11-15,17-18,22H,4-10H2,1-3H3,(H,24,25)/t11-,12+,13-,14+,15+,17-,18-,20+,21+/m1/s1. The predicted molar refractivity (Wildman–Crippen MR) is 93.8 cm³/mol. The van der Waals surface area contributed by atoms with Crippen LogP contribution in [0, 0.1) is 46.3 Å². The number of rotatable bonds is 1. The first-order valence-corrected chi connectivity index (χ1v) is 10.1.